The highest BCUT2D eigenvalue weighted by Gasteiger charge is 2.18. The van der Waals surface area contributed by atoms with Gasteiger partial charge in [0.05, 0.1) is 22.1 Å². The van der Waals surface area contributed by atoms with E-state index in [0.717, 1.165) is 30.2 Å². The second kappa shape index (κ2) is 7.72. The van der Waals surface area contributed by atoms with Gasteiger partial charge in [0.25, 0.3) is 0 Å². The first kappa shape index (κ1) is 18.8. The van der Waals surface area contributed by atoms with Gasteiger partial charge in [-0.05, 0) is 18.1 Å². The first-order chi connectivity index (χ1) is 12.3. The van der Waals surface area contributed by atoms with Crippen LogP contribution in [0, 0.1) is 0 Å². The fourth-order valence-corrected chi connectivity index (χ4v) is 3.72. The average molecular weight is 369 g/mol. The first-order valence-electron chi connectivity index (χ1n) is 9.14. The molecule has 2 heterocycles. The Kier molecular flexibility index (Phi) is 5.58. The average Bonchev–Trinajstić information content (AvgIpc) is 3.22. The van der Waals surface area contributed by atoms with Crippen molar-refractivity contribution in [2.24, 2.45) is 0 Å². The van der Waals surface area contributed by atoms with Crippen molar-refractivity contribution in [1.82, 2.24) is 20.1 Å². The van der Waals surface area contributed by atoms with Crippen molar-refractivity contribution in [1.29, 1.82) is 0 Å². The Morgan fingerprint density at radius 1 is 1.12 bits per heavy atom. The molecule has 0 fully saturated rings. The number of para-hydroxylation sites is 1. The van der Waals surface area contributed by atoms with Crippen LogP contribution in [0.3, 0.4) is 0 Å². The van der Waals surface area contributed by atoms with Crippen molar-refractivity contribution in [3.8, 4) is 5.69 Å². The van der Waals surface area contributed by atoms with E-state index < -0.39 is 0 Å². The predicted molar refractivity (Wildman–Crippen MR) is 109 cm³/mol. The highest BCUT2D eigenvalue weighted by atomic mass is 32.1. The van der Waals surface area contributed by atoms with Crippen LogP contribution in [-0.2, 0) is 18.5 Å². The molecule has 0 aliphatic heterocycles. The second-order valence-electron chi connectivity index (χ2n) is 7.97. The topological polar surface area (TPSA) is 42.7 Å². The van der Waals surface area contributed by atoms with Gasteiger partial charge in [-0.1, -0.05) is 52.8 Å². The maximum Gasteiger partial charge on any atom is 0.0982 e. The first-order valence-corrected chi connectivity index (χ1v) is 10.0. The molecule has 2 aromatic heterocycles. The van der Waals surface area contributed by atoms with E-state index in [2.05, 4.69) is 63.6 Å². The van der Waals surface area contributed by atoms with Crippen LogP contribution >= 0.6 is 11.3 Å². The number of nitrogens with zero attached hydrogens (tertiary/aromatic N) is 3. The minimum atomic E-state index is 0.116. The molecule has 0 radical (unpaired) electrons. The number of aromatic nitrogens is 3. The third kappa shape index (κ3) is 4.40. The molecule has 0 saturated heterocycles. The van der Waals surface area contributed by atoms with Crippen LogP contribution < -0.4 is 5.32 Å². The summed E-state index contributed by atoms with van der Waals surface area (Å²) in [6.45, 7) is 12.6. The summed E-state index contributed by atoms with van der Waals surface area (Å²) in [4.78, 5) is 4.76. The summed E-state index contributed by atoms with van der Waals surface area (Å²) in [5.74, 6) is 0.392. The Hall–Kier alpha value is -1.98. The third-order valence-corrected chi connectivity index (χ3v) is 5.52. The maximum atomic E-state index is 4.81. The van der Waals surface area contributed by atoms with E-state index >= 15 is 0 Å². The van der Waals surface area contributed by atoms with Gasteiger partial charge < -0.3 is 5.32 Å². The van der Waals surface area contributed by atoms with Gasteiger partial charge >= 0.3 is 0 Å². The Balaban J connectivity index is 1.69. The minimum absolute atomic E-state index is 0.116. The Morgan fingerprint density at radius 3 is 2.46 bits per heavy atom. The maximum absolute atomic E-state index is 4.81. The van der Waals surface area contributed by atoms with Crippen molar-refractivity contribution >= 4 is 11.3 Å². The molecule has 138 valence electrons. The molecular formula is C21H28N4S. The van der Waals surface area contributed by atoms with E-state index in [1.54, 1.807) is 11.3 Å². The Bertz CT molecular complexity index is 841. The smallest absolute Gasteiger partial charge is 0.0982 e. The van der Waals surface area contributed by atoms with E-state index in [9.17, 15) is 0 Å². The molecule has 0 spiro atoms. The van der Waals surface area contributed by atoms with Gasteiger partial charge in [0.15, 0.2) is 0 Å². The molecular weight excluding hydrogens is 340 g/mol. The van der Waals surface area contributed by atoms with Crippen LogP contribution in [-0.4, -0.2) is 14.8 Å². The third-order valence-electron chi connectivity index (χ3n) is 4.21. The van der Waals surface area contributed by atoms with E-state index in [1.165, 1.54) is 10.6 Å². The zero-order chi connectivity index (χ0) is 18.7. The van der Waals surface area contributed by atoms with Gasteiger partial charge in [0, 0.05) is 35.6 Å². The lowest BCUT2D eigenvalue weighted by molar-refractivity contribution is 0.579. The van der Waals surface area contributed by atoms with Crippen molar-refractivity contribution < 1.29 is 0 Å². The number of rotatable bonds is 6. The number of thiazole rings is 1. The van der Waals surface area contributed by atoms with Gasteiger partial charge in [-0.3, -0.25) is 0 Å². The summed E-state index contributed by atoms with van der Waals surface area (Å²) < 4.78 is 1.98. The van der Waals surface area contributed by atoms with Crippen molar-refractivity contribution in [3.05, 3.63) is 63.9 Å². The van der Waals surface area contributed by atoms with Gasteiger partial charge in [0.1, 0.15) is 0 Å². The van der Waals surface area contributed by atoms with Crippen molar-refractivity contribution in [2.45, 2.75) is 59.0 Å². The fraction of sp³-hybridized carbons (Fsp3) is 0.429. The number of hydrogen-bond donors (Lipinski definition) is 1. The molecule has 0 amide bonds. The van der Waals surface area contributed by atoms with Crippen molar-refractivity contribution in [2.75, 3.05) is 0 Å². The fourth-order valence-electron chi connectivity index (χ4n) is 2.82. The molecule has 0 aliphatic rings. The zero-order valence-corrected chi connectivity index (χ0v) is 17.1. The quantitative estimate of drug-likeness (QED) is 0.663. The molecule has 26 heavy (non-hydrogen) atoms. The lowest BCUT2D eigenvalue weighted by Crippen LogP contribution is -2.15. The Morgan fingerprint density at radius 2 is 1.85 bits per heavy atom. The van der Waals surface area contributed by atoms with Crippen LogP contribution in [0.25, 0.3) is 5.69 Å². The van der Waals surface area contributed by atoms with Crippen LogP contribution in [0.2, 0.25) is 0 Å². The zero-order valence-electron chi connectivity index (χ0n) is 16.3. The summed E-state index contributed by atoms with van der Waals surface area (Å²) in [7, 11) is 0. The molecule has 3 aromatic rings. The molecule has 4 nitrogen and oxygen atoms in total. The molecule has 1 aromatic carbocycles. The lowest BCUT2D eigenvalue weighted by atomic mass is 9.98. The molecule has 5 heteroatoms. The molecule has 3 rings (SSSR count). The molecule has 0 bridgehead atoms. The molecule has 0 atom stereocenters. The van der Waals surface area contributed by atoms with Crippen LogP contribution in [0.1, 0.15) is 62.5 Å². The van der Waals surface area contributed by atoms with E-state index in [-0.39, 0.29) is 5.41 Å². The second-order valence-corrected chi connectivity index (χ2v) is 8.83. The largest absolute Gasteiger partial charge is 0.307 e. The monoisotopic (exact) mass is 368 g/mol. The number of benzene rings is 1. The summed E-state index contributed by atoms with van der Waals surface area (Å²) in [6, 6.07) is 10.3. The van der Waals surface area contributed by atoms with Gasteiger partial charge in [-0.2, -0.15) is 5.10 Å². The normalized spacial score (nSPS) is 12.1. The van der Waals surface area contributed by atoms with Gasteiger partial charge in [-0.15, -0.1) is 11.3 Å². The van der Waals surface area contributed by atoms with Crippen LogP contribution in [0.5, 0.6) is 0 Å². The predicted octanol–water partition coefficient (Wildman–Crippen LogP) is 5.04. The SMILES string of the molecule is CC(C)c1nn(-c2ccccc2)cc1CNCc1csc(C(C)(C)C)n1. The van der Waals surface area contributed by atoms with Crippen LogP contribution in [0.15, 0.2) is 41.9 Å². The minimum Gasteiger partial charge on any atom is -0.307 e. The van der Waals surface area contributed by atoms with Gasteiger partial charge in [0.2, 0.25) is 0 Å². The summed E-state index contributed by atoms with van der Waals surface area (Å²) in [6.07, 6.45) is 2.14. The van der Waals surface area contributed by atoms with Gasteiger partial charge in [-0.25, -0.2) is 9.67 Å². The number of nitrogens with one attached hydrogen (secondary N) is 1. The van der Waals surface area contributed by atoms with Crippen LogP contribution in [0.4, 0.5) is 0 Å². The molecule has 0 aliphatic carbocycles. The highest BCUT2D eigenvalue weighted by molar-refractivity contribution is 7.09. The molecule has 0 unspecified atom stereocenters. The summed E-state index contributed by atoms with van der Waals surface area (Å²) in [5, 5.41) is 11.7. The highest BCUT2D eigenvalue weighted by Crippen LogP contribution is 2.25. The van der Waals surface area contributed by atoms with E-state index in [0.29, 0.717) is 5.92 Å². The molecule has 1 N–H and O–H groups in total. The van der Waals surface area contributed by atoms with Crippen molar-refractivity contribution in [3.63, 3.8) is 0 Å². The lowest BCUT2D eigenvalue weighted by Gasteiger charge is -2.13. The standard InChI is InChI=1S/C21H28N4S/c1-15(2)19-16(13-25(24-19)18-9-7-6-8-10-18)11-22-12-17-14-26-20(23-17)21(3,4)5/h6-10,13-15,22H,11-12H2,1-5H3. The molecule has 0 saturated carbocycles. The summed E-state index contributed by atoms with van der Waals surface area (Å²) >= 11 is 1.74. The summed E-state index contributed by atoms with van der Waals surface area (Å²) in [5.41, 5.74) is 4.71. The van der Waals surface area contributed by atoms with E-state index in [1.807, 2.05) is 22.9 Å². The number of hydrogen-bond acceptors (Lipinski definition) is 4. The van der Waals surface area contributed by atoms with E-state index in [4.69, 9.17) is 10.1 Å². The Labute approximate surface area is 160 Å².